The molecule has 0 aromatic carbocycles. The Kier molecular flexibility index (Phi) is 3.17. The van der Waals surface area contributed by atoms with Crippen molar-refractivity contribution in [1.82, 2.24) is 10.2 Å². The van der Waals surface area contributed by atoms with Crippen LogP contribution in [0.15, 0.2) is 0 Å². The summed E-state index contributed by atoms with van der Waals surface area (Å²) in [4.78, 5) is 12.1. The molecule has 12 heavy (non-hydrogen) atoms. The van der Waals surface area contributed by atoms with E-state index >= 15 is 0 Å². The first-order chi connectivity index (χ1) is 5.65. The van der Waals surface area contributed by atoms with Crippen LogP contribution in [0.3, 0.4) is 0 Å². The van der Waals surface area contributed by atoms with Crippen molar-refractivity contribution in [3.05, 3.63) is 0 Å². The van der Waals surface area contributed by atoms with Crippen LogP contribution in [-0.2, 0) is 0 Å². The highest BCUT2D eigenvalue weighted by molar-refractivity contribution is 6.18. The van der Waals surface area contributed by atoms with Crippen LogP contribution in [-0.4, -0.2) is 47.2 Å². The van der Waals surface area contributed by atoms with Gasteiger partial charge in [0, 0.05) is 31.1 Å². The summed E-state index contributed by atoms with van der Waals surface area (Å²) in [6.45, 7) is 3.05. The molecule has 1 aliphatic heterocycles. The van der Waals surface area contributed by atoms with Gasteiger partial charge in [-0.05, 0) is 6.92 Å². The number of hydrogen-bond donors (Lipinski definition) is 2. The summed E-state index contributed by atoms with van der Waals surface area (Å²) in [6, 6.07) is 0.140. The molecule has 70 valence electrons. The smallest absolute Gasteiger partial charge is 0.407 e. The fourth-order valence-corrected chi connectivity index (χ4v) is 1.51. The second-order valence-electron chi connectivity index (χ2n) is 3.04. The number of piperazine rings is 1. The van der Waals surface area contributed by atoms with Gasteiger partial charge in [0.25, 0.3) is 0 Å². The van der Waals surface area contributed by atoms with Crippen LogP contribution < -0.4 is 5.32 Å². The Balaban J connectivity index is 2.53. The summed E-state index contributed by atoms with van der Waals surface area (Å²) in [7, 11) is 0. The van der Waals surface area contributed by atoms with Crippen molar-refractivity contribution < 1.29 is 9.90 Å². The van der Waals surface area contributed by atoms with Crippen molar-refractivity contribution in [2.45, 2.75) is 19.0 Å². The fourth-order valence-electron chi connectivity index (χ4n) is 1.30. The minimum atomic E-state index is -0.862. The second kappa shape index (κ2) is 3.96. The molecular formula is C7H13ClN2O2. The van der Waals surface area contributed by atoms with Crippen LogP contribution in [0.4, 0.5) is 4.79 Å². The predicted octanol–water partition coefficient (Wildman–Crippen LogP) is 0.565. The summed E-state index contributed by atoms with van der Waals surface area (Å²) in [5.41, 5.74) is 0. The molecule has 5 heteroatoms. The first-order valence-electron chi connectivity index (χ1n) is 3.94. The first-order valence-corrected chi connectivity index (χ1v) is 4.47. The molecule has 0 spiro atoms. The largest absolute Gasteiger partial charge is 0.465 e. The van der Waals surface area contributed by atoms with Gasteiger partial charge in [0.05, 0.1) is 0 Å². The molecule has 1 amide bonds. The SMILES string of the molecule is CC1CNC(CCl)CN1C(=O)O. The predicted molar refractivity (Wildman–Crippen MR) is 46.7 cm³/mol. The standard InChI is InChI=1S/C7H13ClN2O2/c1-5-3-9-6(2-8)4-10(5)7(11)12/h5-6,9H,2-4H2,1H3,(H,11,12). The number of carbonyl (C=O) groups is 1. The van der Waals surface area contributed by atoms with Crippen LogP contribution in [0, 0.1) is 0 Å². The zero-order valence-corrected chi connectivity index (χ0v) is 7.71. The van der Waals surface area contributed by atoms with Crippen molar-refractivity contribution in [2.24, 2.45) is 0 Å². The molecule has 1 fully saturated rings. The molecule has 2 unspecified atom stereocenters. The van der Waals surface area contributed by atoms with Gasteiger partial charge in [-0.15, -0.1) is 11.6 Å². The molecule has 0 bridgehead atoms. The van der Waals surface area contributed by atoms with E-state index in [9.17, 15) is 4.79 Å². The molecule has 0 radical (unpaired) electrons. The molecule has 2 N–H and O–H groups in total. The lowest BCUT2D eigenvalue weighted by molar-refractivity contribution is 0.107. The summed E-state index contributed by atoms with van der Waals surface area (Å²) in [6.07, 6.45) is -0.862. The number of nitrogens with zero attached hydrogens (tertiary/aromatic N) is 1. The number of halogens is 1. The van der Waals surface area contributed by atoms with Crippen molar-refractivity contribution in [1.29, 1.82) is 0 Å². The van der Waals surface area contributed by atoms with Crippen molar-refractivity contribution >= 4 is 17.7 Å². The van der Waals surface area contributed by atoms with E-state index in [2.05, 4.69) is 5.32 Å². The van der Waals surface area contributed by atoms with Gasteiger partial charge >= 0.3 is 6.09 Å². The molecule has 1 rings (SSSR count). The topological polar surface area (TPSA) is 52.6 Å². The maximum Gasteiger partial charge on any atom is 0.407 e. The van der Waals surface area contributed by atoms with Crippen LogP contribution in [0.2, 0.25) is 0 Å². The summed E-state index contributed by atoms with van der Waals surface area (Å²) < 4.78 is 0. The van der Waals surface area contributed by atoms with Crippen LogP contribution >= 0.6 is 11.6 Å². The van der Waals surface area contributed by atoms with E-state index in [1.165, 1.54) is 4.90 Å². The van der Waals surface area contributed by atoms with Crippen LogP contribution in [0.5, 0.6) is 0 Å². The van der Waals surface area contributed by atoms with E-state index in [0.717, 1.165) is 0 Å². The molecule has 0 aliphatic carbocycles. The Morgan fingerprint density at radius 2 is 2.50 bits per heavy atom. The van der Waals surface area contributed by atoms with Gasteiger partial charge < -0.3 is 15.3 Å². The molecule has 4 nitrogen and oxygen atoms in total. The number of amides is 1. The molecule has 0 saturated carbocycles. The highest BCUT2D eigenvalue weighted by Gasteiger charge is 2.27. The van der Waals surface area contributed by atoms with Crippen LogP contribution in [0.25, 0.3) is 0 Å². The minimum Gasteiger partial charge on any atom is -0.465 e. The second-order valence-corrected chi connectivity index (χ2v) is 3.35. The number of hydrogen-bond acceptors (Lipinski definition) is 2. The van der Waals surface area contributed by atoms with E-state index in [0.29, 0.717) is 19.0 Å². The van der Waals surface area contributed by atoms with E-state index < -0.39 is 6.09 Å². The third kappa shape index (κ3) is 2.01. The maximum atomic E-state index is 10.7. The third-order valence-electron chi connectivity index (χ3n) is 2.08. The Bertz CT molecular complexity index is 177. The highest BCUT2D eigenvalue weighted by atomic mass is 35.5. The zero-order valence-electron chi connectivity index (χ0n) is 6.96. The van der Waals surface area contributed by atoms with E-state index in [1.807, 2.05) is 6.92 Å². The number of carboxylic acid groups (broad SMARTS) is 1. The number of rotatable bonds is 1. The average molecular weight is 193 g/mol. The Morgan fingerprint density at radius 3 is 3.00 bits per heavy atom. The van der Waals surface area contributed by atoms with Crippen LogP contribution in [0.1, 0.15) is 6.92 Å². The summed E-state index contributed by atoms with van der Waals surface area (Å²) in [5.74, 6) is 0.455. The lowest BCUT2D eigenvalue weighted by Crippen LogP contribution is -2.57. The van der Waals surface area contributed by atoms with E-state index in [1.54, 1.807) is 0 Å². The lowest BCUT2D eigenvalue weighted by Gasteiger charge is -2.36. The van der Waals surface area contributed by atoms with Gasteiger partial charge in [0.1, 0.15) is 0 Å². The molecule has 1 heterocycles. The first kappa shape index (κ1) is 9.61. The van der Waals surface area contributed by atoms with Gasteiger partial charge in [-0.2, -0.15) is 0 Å². The Labute approximate surface area is 76.5 Å². The van der Waals surface area contributed by atoms with Gasteiger partial charge in [-0.25, -0.2) is 4.79 Å². The third-order valence-corrected chi connectivity index (χ3v) is 2.46. The average Bonchev–Trinajstić information content (AvgIpc) is 2.05. The summed E-state index contributed by atoms with van der Waals surface area (Å²) >= 11 is 5.62. The molecule has 1 aliphatic rings. The maximum absolute atomic E-state index is 10.7. The monoisotopic (exact) mass is 192 g/mol. The highest BCUT2D eigenvalue weighted by Crippen LogP contribution is 2.07. The number of alkyl halides is 1. The normalized spacial score (nSPS) is 30.3. The van der Waals surface area contributed by atoms with Gasteiger partial charge in [0.2, 0.25) is 0 Å². The fraction of sp³-hybridized carbons (Fsp3) is 0.857. The zero-order chi connectivity index (χ0) is 9.14. The molecule has 0 aromatic rings. The van der Waals surface area contributed by atoms with Crippen molar-refractivity contribution in [3.63, 3.8) is 0 Å². The van der Waals surface area contributed by atoms with Gasteiger partial charge in [-0.1, -0.05) is 0 Å². The molecule has 2 atom stereocenters. The lowest BCUT2D eigenvalue weighted by atomic mass is 10.1. The van der Waals surface area contributed by atoms with E-state index in [-0.39, 0.29) is 12.1 Å². The Hall–Kier alpha value is -0.480. The van der Waals surface area contributed by atoms with Crippen molar-refractivity contribution in [2.75, 3.05) is 19.0 Å². The number of nitrogens with one attached hydrogen (secondary N) is 1. The van der Waals surface area contributed by atoms with Crippen molar-refractivity contribution in [3.8, 4) is 0 Å². The van der Waals surface area contributed by atoms with Gasteiger partial charge in [-0.3, -0.25) is 0 Å². The quantitative estimate of drug-likeness (QED) is 0.598. The van der Waals surface area contributed by atoms with Gasteiger partial charge in [0.15, 0.2) is 0 Å². The molecule has 1 saturated heterocycles. The molecular weight excluding hydrogens is 180 g/mol. The minimum absolute atomic E-state index is 0.0435. The summed E-state index contributed by atoms with van der Waals surface area (Å²) in [5, 5.41) is 11.9. The van der Waals surface area contributed by atoms with E-state index in [4.69, 9.17) is 16.7 Å². The Morgan fingerprint density at radius 1 is 1.83 bits per heavy atom. The molecule has 0 aromatic heterocycles.